The molecule has 1 aromatic carbocycles. The Morgan fingerprint density at radius 1 is 1.21 bits per heavy atom. The number of piperidine rings is 1. The van der Waals surface area contributed by atoms with Crippen molar-refractivity contribution in [2.75, 3.05) is 26.7 Å². The first-order chi connectivity index (χ1) is 13.5. The molecule has 0 unspecified atom stereocenters. The molecule has 1 fully saturated rings. The summed E-state index contributed by atoms with van der Waals surface area (Å²) in [7, 11) is 2.12. The van der Waals surface area contributed by atoms with Gasteiger partial charge in [-0.2, -0.15) is 0 Å². The highest BCUT2D eigenvalue weighted by molar-refractivity contribution is 5.98. The Bertz CT molecular complexity index is 837. The molecule has 1 aliphatic rings. The number of hydrogen-bond acceptors (Lipinski definition) is 4. The van der Waals surface area contributed by atoms with Crippen LogP contribution in [-0.4, -0.2) is 48.4 Å². The molecule has 1 saturated heterocycles. The predicted octanol–water partition coefficient (Wildman–Crippen LogP) is 2.46. The molecule has 1 aromatic heterocycles. The molecule has 2 heterocycles. The summed E-state index contributed by atoms with van der Waals surface area (Å²) in [4.78, 5) is 30.6. The minimum atomic E-state index is -0.143. The van der Waals surface area contributed by atoms with E-state index in [2.05, 4.69) is 27.6 Å². The molecule has 1 aliphatic heterocycles. The number of carbonyl (C=O) groups excluding carboxylic acids is 2. The first-order valence-electron chi connectivity index (χ1n) is 9.78. The molecular weight excluding hydrogens is 352 g/mol. The van der Waals surface area contributed by atoms with Gasteiger partial charge in [0.25, 0.3) is 5.91 Å². The van der Waals surface area contributed by atoms with Gasteiger partial charge in [-0.1, -0.05) is 24.3 Å². The number of pyridine rings is 1. The number of hydrogen-bond donors (Lipinski definition) is 2. The lowest BCUT2D eigenvalue weighted by Gasteiger charge is -2.29. The van der Waals surface area contributed by atoms with Crippen molar-refractivity contribution in [2.45, 2.75) is 26.3 Å². The summed E-state index contributed by atoms with van der Waals surface area (Å²) in [6.45, 7) is 4.77. The highest BCUT2D eigenvalue weighted by Crippen LogP contribution is 2.23. The second kappa shape index (κ2) is 9.46. The van der Waals surface area contributed by atoms with Gasteiger partial charge in [0, 0.05) is 38.3 Å². The number of aromatic nitrogens is 1. The topological polar surface area (TPSA) is 74.3 Å². The lowest BCUT2D eigenvalue weighted by molar-refractivity contribution is -0.119. The molecule has 0 saturated carbocycles. The number of rotatable bonds is 6. The Hall–Kier alpha value is -2.73. The summed E-state index contributed by atoms with van der Waals surface area (Å²) < 4.78 is 0. The van der Waals surface area contributed by atoms with Crippen LogP contribution in [0.1, 0.15) is 35.8 Å². The van der Waals surface area contributed by atoms with E-state index in [1.165, 1.54) is 13.3 Å². The third kappa shape index (κ3) is 5.39. The molecule has 28 heavy (non-hydrogen) atoms. The van der Waals surface area contributed by atoms with Gasteiger partial charge in [0.2, 0.25) is 5.91 Å². The fourth-order valence-electron chi connectivity index (χ4n) is 3.66. The molecule has 2 N–H and O–H groups in total. The number of benzene rings is 1. The SMILES string of the molecule is CC(=O)NCc1cccc(-c2cccnc2C(=O)NC[C@H]2CCCN(C)C2)c1. The Kier molecular flexibility index (Phi) is 6.76. The maximum Gasteiger partial charge on any atom is 0.270 e. The third-order valence-corrected chi connectivity index (χ3v) is 5.08. The molecule has 0 aliphatic carbocycles. The van der Waals surface area contributed by atoms with E-state index < -0.39 is 0 Å². The van der Waals surface area contributed by atoms with E-state index in [1.54, 1.807) is 6.20 Å². The smallest absolute Gasteiger partial charge is 0.270 e. The van der Waals surface area contributed by atoms with E-state index in [-0.39, 0.29) is 11.8 Å². The highest BCUT2D eigenvalue weighted by Gasteiger charge is 2.20. The third-order valence-electron chi connectivity index (χ3n) is 5.08. The standard InChI is InChI=1S/C22H28N4O2/c1-16(27)24-13-17-6-3-8-19(12-17)20-9-4-10-23-21(20)22(28)25-14-18-7-5-11-26(2)15-18/h3-4,6,8-10,12,18H,5,7,11,13-15H2,1-2H3,(H,24,27)(H,25,28)/t18-/m1/s1. The summed E-state index contributed by atoms with van der Waals surface area (Å²) in [5, 5.41) is 5.87. The van der Waals surface area contributed by atoms with Crippen LogP contribution in [0.25, 0.3) is 11.1 Å². The molecule has 0 radical (unpaired) electrons. The van der Waals surface area contributed by atoms with Crippen molar-refractivity contribution in [1.29, 1.82) is 0 Å². The van der Waals surface area contributed by atoms with Crippen molar-refractivity contribution < 1.29 is 9.59 Å². The number of likely N-dealkylation sites (tertiary alicyclic amines) is 1. The Balaban J connectivity index is 1.73. The number of amides is 2. The molecule has 0 bridgehead atoms. The molecule has 6 heteroatoms. The Morgan fingerprint density at radius 3 is 2.86 bits per heavy atom. The molecule has 1 atom stereocenters. The van der Waals surface area contributed by atoms with Gasteiger partial charge in [-0.3, -0.25) is 14.6 Å². The normalized spacial score (nSPS) is 17.1. The molecule has 148 valence electrons. The monoisotopic (exact) mass is 380 g/mol. The summed E-state index contributed by atoms with van der Waals surface area (Å²) in [6, 6.07) is 11.6. The maximum atomic E-state index is 12.8. The van der Waals surface area contributed by atoms with E-state index in [0.717, 1.165) is 36.2 Å². The van der Waals surface area contributed by atoms with Crippen LogP contribution in [0.4, 0.5) is 0 Å². The summed E-state index contributed by atoms with van der Waals surface area (Å²) in [5.41, 5.74) is 3.13. The lowest BCUT2D eigenvalue weighted by Crippen LogP contribution is -2.39. The number of nitrogens with zero attached hydrogens (tertiary/aromatic N) is 2. The second-order valence-electron chi connectivity index (χ2n) is 7.49. The Morgan fingerprint density at radius 2 is 2.07 bits per heavy atom. The average molecular weight is 380 g/mol. The van der Waals surface area contributed by atoms with Crippen LogP contribution in [0.15, 0.2) is 42.6 Å². The lowest BCUT2D eigenvalue weighted by atomic mass is 9.98. The van der Waals surface area contributed by atoms with E-state index in [4.69, 9.17) is 0 Å². The van der Waals surface area contributed by atoms with E-state index in [9.17, 15) is 9.59 Å². The zero-order valence-electron chi connectivity index (χ0n) is 16.6. The van der Waals surface area contributed by atoms with Crippen molar-refractivity contribution in [3.05, 3.63) is 53.9 Å². The van der Waals surface area contributed by atoms with Gasteiger partial charge in [0.15, 0.2) is 0 Å². The molecule has 6 nitrogen and oxygen atoms in total. The van der Waals surface area contributed by atoms with Gasteiger partial charge in [-0.25, -0.2) is 0 Å². The molecule has 2 aromatic rings. The van der Waals surface area contributed by atoms with Crippen molar-refractivity contribution >= 4 is 11.8 Å². The van der Waals surface area contributed by atoms with Crippen LogP contribution in [0.5, 0.6) is 0 Å². The number of nitrogens with one attached hydrogen (secondary N) is 2. The molecule has 0 spiro atoms. The molecular formula is C22H28N4O2. The van der Waals surface area contributed by atoms with Crippen LogP contribution >= 0.6 is 0 Å². The van der Waals surface area contributed by atoms with Crippen LogP contribution in [0.3, 0.4) is 0 Å². The van der Waals surface area contributed by atoms with Gasteiger partial charge in [0.05, 0.1) is 0 Å². The minimum Gasteiger partial charge on any atom is -0.352 e. The fourth-order valence-corrected chi connectivity index (χ4v) is 3.66. The Labute approximate surface area is 166 Å². The second-order valence-corrected chi connectivity index (χ2v) is 7.49. The molecule has 3 rings (SSSR count). The minimum absolute atomic E-state index is 0.0693. The van der Waals surface area contributed by atoms with Crippen molar-refractivity contribution in [3.8, 4) is 11.1 Å². The highest BCUT2D eigenvalue weighted by atomic mass is 16.2. The molecule has 2 amide bonds. The average Bonchev–Trinajstić information content (AvgIpc) is 2.71. The summed E-state index contributed by atoms with van der Waals surface area (Å²) in [5.74, 6) is 0.271. The number of carbonyl (C=O) groups is 2. The van der Waals surface area contributed by atoms with Crippen LogP contribution in [-0.2, 0) is 11.3 Å². The van der Waals surface area contributed by atoms with Gasteiger partial charge >= 0.3 is 0 Å². The van der Waals surface area contributed by atoms with Crippen molar-refractivity contribution in [2.24, 2.45) is 5.92 Å². The van der Waals surface area contributed by atoms with E-state index >= 15 is 0 Å². The quantitative estimate of drug-likeness (QED) is 0.807. The van der Waals surface area contributed by atoms with Gasteiger partial charge in [-0.15, -0.1) is 0 Å². The predicted molar refractivity (Wildman–Crippen MR) is 110 cm³/mol. The maximum absolute atomic E-state index is 12.8. The van der Waals surface area contributed by atoms with Crippen LogP contribution in [0, 0.1) is 5.92 Å². The van der Waals surface area contributed by atoms with Crippen molar-refractivity contribution in [3.63, 3.8) is 0 Å². The van der Waals surface area contributed by atoms with Crippen molar-refractivity contribution in [1.82, 2.24) is 20.5 Å². The van der Waals surface area contributed by atoms with Gasteiger partial charge < -0.3 is 15.5 Å². The first kappa shape index (κ1) is 20.0. The van der Waals surface area contributed by atoms with Gasteiger partial charge in [0.1, 0.15) is 5.69 Å². The van der Waals surface area contributed by atoms with E-state index in [0.29, 0.717) is 24.7 Å². The zero-order valence-corrected chi connectivity index (χ0v) is 16.6. The summed E-state index contributed by atoms with van der Waals surface area (Å²) >= 11 is 0. The van der Waals surface area contributed by atoms with Gasteiger partial charge in [-0.05, 0) is 55.6 Å². The fraction of sp³-hybridized carbons (Fsp3) is 0.409. The first-order valence-corrected chi connectivity index (χ1v) is 9.78. The zero-order chi connectivity index (χ0) is 19.9. The van der Waals surface area contributed by atoms with Crippen LogP contribution < -0.4 is 10.6 Å². The van der Waals surface area contributed by atoms with E-state index in [1.807, 2.05) is 36.4 Å². The van der Waals surface area contributed by atoms with Crippen LogP contribution in [0.2, 0.25) is 0 Å². The largest absolute Gasteiger partial charge is 0.352 e. The summed E-state index contributed by atoms with van der Waals surface area (Å²) in [6.07, 6.45) is 3.96.